The third kappa shape index (κ3) is 6.56. The quantitative estimate of drug-likeness (QED) is 0.766. The number of alkyl carbamates (subject to hydrolysis) is 1. The molecule has 0 spiro atoms. The molecule has 0 aliphatic heterocycles. The van der Waals surface area contributed by atoms with Crippen LogP contribution in [-0.2, 0) is 14.6 Å². The van der Waals surface area contributed by atoms with Crippen LogP contribution in [0.1, 0.15) is 41.0 Å². The molecule has 0 aromatic carbocycles. The molecule has 1 amide bonds. The number of hydrogen-bond acceptors (Lipinski definition) is 5. The molecule has 2 N–H and O–H groups in total. The van der Waals surface area contributed by atoms with Crippen molar-refractivity contribution in [2.75, 3.05) is 11.5 Å². The summed E-state index contributed by atoms with van der Waals surface area (Å²) in [7, 11) is -2.98. The number of carbonyl (C=O) groups excluding carboxylic acids is 1. The summed E-state index contributed by atoms with van der Waals surface area (Å²) in [5, 5.41) is 5.98. The maximum atomic E-state index is 11.6. The third-order valence-corrected chi connectivity index (χ3v) is 4.82. The number of ether oxygens (including phenoxy) is 1. The van der Waals surface area contributed by atoms with Crippen molar-refractivity contribution in [3.8, 4) is 0 Å². The Morgan fingerprint density at radius 2 is 1.95 bits per heavy atom. The minimum Gasteiger partial charge on any atom is -0.444 e. The topological polar surface area (TPSA) is 84.5 Å². The van der Waals surface area contributed by atoms with Gasteiger partial charge < -0.3 is 15.4 Å². The summed E-state index contributed by atoms with van der Waals surface area (Å²) >= 11 is 0. The molecule has 0 bridgehead atoms. The van der Waals surface area contributed by atoms with Crippen molar-refractivity contribution >= 4 is 15.9 Å². The maximum Gasteiger partial charge on any atom is 0.407 e. The smallest absolute Gasteiger partial charge is 0.407 e. The average molecular weight is 306 g/mol. The SMILES string of the molecule is CCS(=O)(=O)CC(C)NC1CC1NC(=O)OC(C)(C)C. The van der Waals surface area contributed by atoms with E-state index in [0.29, 0.717) is 0 Å². The van der Waals surface area contributed by atoms with E-state index >= 15 is 0 Å². The number of carbonyl (C=O) groups is 1. The second-order valence-corrected chi connectivity index (χ2v) is 8.76. The largest absolute Gasteiger partial charge is 0.444 e. The Morgan fingerprint density at radius 3 is 2.45 bits per heavy atom. The van der Waals surface area contributed by atoms with E-state index in [0.717, 1.165) is 6.42 Å². The molecule has 0 aromatic rings. The van der Waals surface area contributed by atoms with Crippen molar-refractivity contribution in [3.05, 3.63) is 0 Å². The maximum absolute atomic E-state index is 11.6. The Labute approximate surface area is 121 Å². The fourth-order valence-corrected chi connectivity index (χ4v) is 3.00. The molecule has 0 saturated heterocycles. The normalized spacial score (nSPS) is 24.1. The van der Waals surface area contributed by atoms with Crippen molar-refractivity contribution in [2.45, 2.75) is 64.8 Å². The summed E-state index contributed by atoms with van der Waals surface area (Å²) in [6.07, 6.45) is 0.371. The van der Waals surface area contributed by atoms with E-state index in [4.69, 9.17) is 4.74 Å². The van der Waals surface area contributed by atoms with Gasteiger partial charge in [-0.3, -0.25) is 0 Å². The predicted octanol–water partition coefficient (Wildman–Crippen LogP) is 1.06. The summed E-state index contributed by atoms with van der Waals surface area (Å²) < 4.78 is 28.2. The van der Waals surface area contributed by atoms with Gasteiger partial charge in [0.05, 0.1) is 5.75 Å². The van der Waals surface area contributed by atoms with Gasteiger partial charge in [0, 0.05) is 23.9 Å². The minimum absolute atomic E-state index is 0.0247. The molecule has 7 heteroatoms. The summed E-state index contributed by atoms with van der Waals surface area (Å²) in [5.41, 5.74) is -0.510. The van der Waals surface area contributed by atoms with Gasteiger partial charge in [-0.1, -0.05) is 6.92 Å². The van der Waals surface area contributed by atoms with Crippen molar-refractivity contribution in [1.82, 2.24) is 10.6 Å². The lowest BCUT2D eigenvalue weighted by Crippen LogP contribution is -2.40. The number of rotatable bonds is 6. The number of nitrogens with one attached hydrogen (secondary N) is 2. The van der Waals surface area contributed by atoms with E-state index in [-0.39, 0.29) is 29.6 Å². The molecule has 1 saturated carbocycles. The molecule has 0 radical (unpaired) electrons. The molecular weight excluding hydrogens is 280 g/mol. The number of sulfone groups is 1. The zero-order valence-corrected chi connectivity index (χ0v) is 13.7. The zero-order chi connectivity index (χ0) is 15.6. The number of hydrogen-bond donors (Lipinski definition) is 2. The van der Waals surface area contributed by atoms with E-state index in [1.165, 1.54) is 0 Å². The Morgan fingerprint density at radius 1 is 1.35 bits per heavy atom. The van der Waals surface area contributed by atoms with Gasteiger partial charge in [-0.05, 0) is 34.1 Å². The molecule has 3 unspecified atom stereocenters. The molecule has 0 heterocycles. The first-order valence-electron chi connectivity index (χ1n) is 6.98. The van der Waals surface area contributed by atoms with Crippen LogP contribution in [0.5, 0.6) is 0 Å². The summed E-state index contributed by atoms with van der Waals surface area (Å²) in [5.74, 6) is 0.280. The zero-order valence-electron chi connectivity index (χ0n) is 12.9. The first-order chi connectivity index (χ1) is 9.02. The van der Waals surface area contributed by atoms with E-state index < -0.39 is 21.5 Å². The van der Waals surface area contributed by atoms with Gasteiger partial charge in [0.1, 0.15) is 5.60 Å². The highest BCUT2D eigenvalue weighted by molar-refractivity contribution is 7.91. The van der Waals surface area contributed by atoms with E-state index in [1.54, 1.807) is 6.92 Å². The van der Waals surface area contributed by atoms with E-state index in [2.05, 4.69) is 10.6 Å². The van der Waals surface area contributed by atoms with Crippen molar-refractivity contribution in [3.63, 3.8) is 0 Å². The minimum atomic E-state index is -2.98. The van der Waals surface area contributed by atoms with Gasteiger partial charge in [-0.2, -0.15) is 0 Å². The van der Waals surface area contributed by atoms with Crippen LogP contribution in [0.25, 0.3) is 0 Å². The molecule has 118 valence electrons. The van der Waals surface area contributed by atoms with Crippen LogP contribution in [0.4, 0.5) is 4.79 Å². The lowest BCUT2D eigenvalue weighted by atomic mass is 10.2. The third-order valence-electron chi connectivity index (χ3n) is 2.93. The van der Waals surface area contributed by atoms with Gasteiger partial charge in [0.25, 0.3) is 0 Å². The van der Waals surface area contributed by atoms with Crippen LogP contribution < -0.4 is 10.6 Å². The molecular formula is C13H26N2O4S. The molecule has 1 rings (SSSR count). The molecule has 1 aliphatic carbocycles. The number of amides is 1. The van der Waals surface area contributed by atoms with Crippen LogP contribution in [0.2, 0.25) is 0 Å². The lowest BCUT2D eigenvalue weighted by molar-refractivity contribution is 0.0522. The average Bonchev–Trinajstić information content (AvgIpc) is 2.91. The highest BCUT2D eigenvalue weighted by Gasteiger charge is 2.40. The second-order valence-electron chi connectivity index (χ2n) is 6.36. The van der Waals surface area contributed by atoms with Crippen LogP contribution in [0, 0.1) is 0 Å². The lowest BCUT2D eigenvalue weighted by Gasteiger charge is -2.20. The molecule has 0 aromatic heterocycles. The van der Waals surface area contributed by atoms with Crippen molar-refractivity contribution in [1.29, 1.82) is 0 Å². The molecule has 3 atom stereocenters. The Hall–Kier alpha value is -0.820. The predicted molar refractivity (Wildman–Crippen MR) is 78.5 cm³/mol. The summed E-state index contributed by atoms with van der Waals surface area (Å²) in [6, 6.07) is 0.0385. The summed E-state index contributed by atoms with van der Waals surface area (Å²) in [6.45, 7) is 8.93. The van der Waals surface area contributed by atoms with Gasteiger partial charge >= 0.3 is 6.09 Å². The van der Waals surface area contributed by atoms with Gasteiger partial charge in [-0.15, -0.1) is 0 Å². The van der Waals surface area contributed by atoms with Crippen LogP contribution in [0.15, 0.2) is 0 Å². The monoisotopic (exact) mass is 306 g/mol. The van der Waals surface area contributed by atoms with E-state index in [1.807, 2.05) is 27.7 Å². The molecule has 6 nitrogen and oxygen atoms in total. The fourth-order valence-electron chi connectivity index (χ4n) is 1.91. The Kier molecular flexibility index (Phi) is 5.43. The van der Waals surface area contributed by atoms with E-state index in [9.17, 15) is 13.2 Å². The summed E-state index contributed by atoms with van der Waals surface area (Å²) in [4.78, 5) is 11.6. The highest BCUT2D eigenvalue weighted by atomic mass is 32.2. The molecule has 20 heavy (non-hydrogen) atoms. The van der Waals surface area contributed by atoms with Gasteiger partial charge in [0.15, 0.2) is 9.84 Å². The van der Waals surface area contributed by atoms with Crippen molar-refractivity contribution < 1.29 is 17.9 Å². The highest BCUT2D eigenvalue weighted by Crippen LogP contribution is 2.22. The van der Waals surface area contributed by atoms with Gasteiger partial charge in [-0.25, -0.2) is 13.2 Å². The van der Waals surface area contributed by atoms with Crippen LogP contribution in [0.3, 0.4) is 0 Å². The van der Waals surface area contributed by atoms with Crippen LogP contribution in [-0.4, -0.2) is 49.7 Å². The first kappa shape index (κ1) is 17.2. The molecule has 1 aliphatic rings. The van der Waals surface area contributed by atoms with Crippen LogP contribution >= 0.6 is 0 Å². The van der Waals surface area contributed by atoms with Gasteiger partial charge in [0.2, 0.25) is 0 Å². The van der Waals surface area contributed by atoms with Crippen molar-refractivity contribution in [2.24, 2.45) is 0 Å². The fraction of sp³-hybridized carbons (Fsp3) is 0.923. The first-order valence-corrected chi connectivity index (χ1v) is 8.80. The standard InChI is InChI=1S/C13H26N2O4S/c1-6-20(17,18)8-9(2)14-10-7-11(10)15-12(16)19-13(3,4)5/h9-11,14H,6-8H2,1-5H3,(H,15,16). The second kappa shape index (κ2) is 6.30. The molecule has 1 fully saturated rings. The Balaban J connectivity index is 2.29. The Bertz CT molecular complexity index is 442.